The third kappa shape index (κ3) is 2.93. The van der Waals surface area contributed by atoms with Crippen LogP contribution >= 0.6 is 0 Å². The average molecular weight is 402 g/mol. The fraction of sp³-hybridized carbons (Fsp3) is 0.0625. The molecule has 0 amide bonds. The van der Waals surface area contributed by atoms with Crippen LogP contribution < -0.4 is 20.9 Å². The Morgan fingerprint density at radius 2 is 1.06 bits per heavy atom. The van der Waals surface area contributed by atoms with Gasteiger partial charge in [-0.1, -0.05) is 48.0 Å². The smallest absolute Gasteiger partial charge is 0.0248 e. The van der Waals surface area contributed by atoms with Crippen LogP contribution in [0.5, 0.6) is 0 Å². The second-order valence-corrected chi connectivity index (χ2v) is 8.32. The Hall–Kier alpha value is -4.44. The first-order valence-electron chi connectivity index (χ1n) is 10.7. The molecule has 0 radical (unpaired) electrons. The molecule has 146 valence electrons. The van der Waals surface area contributed by atoms with Gasteiger partial charge in [-0.3, -0.25) is 0 Å². The van der Waals surface area contributed by atoms with Gasteiger partial charge in [0.25, 0.3) is 0 Å². The maximum absolute atomic E-state index is 5.56. The van der Waals surface area contributed by atoms with Gasteiger partial charge < -0.3 is 0 Å². The monoisotopic (exact) mass is 402 g/mol. The number of benzene rings is 2. The van der Waals surface area contributed by atoms with Crippen molar-refractivity contribution in [2.45, 2.75) is 12.8 Å². The molecule has 0 saturated carbocycles. The first-order valence-corrected chi connectivity index (χ1v) is 10.7. The highest BCUT2D eigenvalue weighted by Gasteiger charge is 2.16. The van der Waals surface area contributed by atoms with E-state index in [1.807, 2.05) is 12.1 Å². The van der Waals surface area contributed by atoms with Gasteiger partial charge in [0, 0.05) is 22.3 Å². The average Bonchev–Trinajstić information content (AvgIpc) is 3.38. The van der Waals surface area contributed by atoms with Gasteiger partial charge in [0.1, 0.15) is 0 Å². The molecule has 0 spiro atoms. The molecule has 2 aromatic carbocycles. The van der Waals surface area contributed by atoms with Crippen molar-refractivity contribution in [3.8, 4) is 36.5 Å². The summed E-state index contributed by atoms with van der Waals surface area (Å²) >= 11 is 0. The SMILES string of the molecule is C#Cc1ccc2c(c1)=CC1=CC(C#CC3=CCC4=c5ccc(C#C)cc5=CC4=C3)=CCC=21. The Labute approximate surface area is 187 Å². The van der Waals surface area contributed by atoms with E-state index in [1.165, 1.54) is 43.2 Å². The third-order valence-corrected chi connectivity index (χ3v) is 6.43. The van der Waals surface area contributed by atoms with Crippen molar-refractivity contribution in [1.82, 2.24) is 0 Å². The molecule has 4 aliphatic carbocycles. The zero-order valence-corrected chi connectivity index (χ0v) is 17.5. The Kier molecular flexibility index (Phi) is 4.05. The van der Waals surface area contributed by atoms with Crippen molar-refractivity contribution in [3.63, 3.8) is 0 Å². The Morgan fingerprint density at radius 1 is 0.594 bits per heavy atom. The minimum Gasteiger partial charge on any atom is -0.115 e. The van der Waals surface area contributed by atoms with Gasteiger partial charge in [0.05, 0.1) is 0 Å². The summed E-state index contributed by atoms with van der Waals surface area (Å²) in [4.78, 5) is 0. The van der Waals surface area contributed by atoms with Gasteiger partial charge in [-0.2, -0.15) is 0 Å². The fourth-order valence-corrected chi connectivity index (χ4v) is 4.82. The fourth-order valence-electron chi connectivity index (χ4n) is 4.82. The standard InChI is InChI=1S/C32H18/c1-3-21-7-11-29-25(15-21)19-27-17-23(9-13-31(27)29)5-6-24-10-14-32-28(18-24)20-26-16-22(4-2)8-12-30(26)32/h1-2,7-12,15-20H,13-14H2. The van der Waals surface area contributed by atoms with Crippen molar-refractivity contribution < 1.29 is 0 Å². The highest BCUT2D eigenvalue weighted by atomic mass is 14.2. The predicted octanol–water partition coefficient (Wildman–Crippen LogP) is 2.76. The van der Waals surface area contributed by atoms with Crippen molar-refractivity contribution in [2.24, 2.45) is 0 Å². The first kappa shape index (κ1) is 18.3. The number of fused-ring (bicyclic) bond motifs is 4. The van der Waals surface area contributed by atoms with Crippen LogP contribution in [0.1, 0.15) is 24.0 Å². The van der Waals surface area contributed by atoms with Crippen LogP contribution in [0, 0.1) is 36.5 Å². The van der Waals surface area contributed by atoms with Crippen LogP contribution in [0.25, 0.3) is 23.3 Å². The molecule has 0 unspecified atom stereocenters. The lowest BCUT2D eigenvalue weighted by Crippen LogP contribution is -2.22. The summed E-state index contributed by atoms with van der Waals surface area (Å²) in [5.74, 6) is 12.2. The van der Waals surface area contributed by atoms with Crippen LogP contribution in [0.15, 0.2) is 83.0 Å². The molecule has 6 rings (SSSR count). The highest BCUT2D eigenvalue weighted by molar-refractivity contribution is 5.87. The van der Waals surface area contributed by atoms with Crippen molar-refractivity contribution in [1.29, 1.82) is 0 Å². The third-order valence-electron chi connectivity index (χ3n) is 6.43. The summed E-state index contributed by atoms with van der Waals surface area (Å²) < 4.78 is 0. The summed E-state index contributed by atoms with van der Waals surface area (Å²) in [6.45, 7) is 0. The van der Waals surface area contributed by atoms with Crippen molar-refractivity contribution in [2.75, 3.05) is 0 Å². The second-order valence-electron chi connectivity index (χ2n) is 8.32. The van der Waals surface area contributed by atoms with Crippen LogP contribution in [0.2, 0.25) is 0 Å². The van der Waals surface area contributed by atoms with E-state index in [2.05, 4.69) is 84.4 Å². The molecule has 0 heterocycles. The maximum Gasteiger partial charge on any atom is 0.0248 e. The molecule has 0 aliphatic heterocycles. The van der Waals surface area contributed by atoms with Gasteiger partial charge >= 0.3 is 0 Å². The summed E-state index contributed by atoms with van der Waals surface area (Å²) in [5.41, 5.74) is 9.18. The minimum absolute atomic E-state index is 0.896. The Morgan fingerprint density at radius 3 is 1.50 bits per heavy atom. The molecule has 0 fully saturated rings. The van der Waals surface area contributed by atoms with Crippen molar-refractivity contribution >= 4 is 23.3 Å². The second kappa shape index (κ2) is 7.06. The normalized spacial score (nSPS) is 16.7. The number of hydrogen-bond donors (Lipinski definition) is 0. The van der Waals surface area contributed by atoms with Crippen molar-refractivity contribution in [3.05, 3.63) is 115 Å². The van der Waals surface area contributed by atoms with E-state index in [0.29, 0.717) is 0 Å². The maximum atomic E-state index is 5.56. The zero-order valence-electron chi connectivity index (χ0n) is 17.5. The zero-order chi connectivity index (χ0) is 21.7. The van der Waals surface area contributed by atoms with Crippen LogP contribution in [0.3, 0.4) is 0 Å². The predicted molar refractivity (Wildman–Crippen MR) is 132 cm³/mol. The van der Waals surface area contributed by atoms with Crippen LogP contribution in [-0.2, 0) is 0 Å². The molecule has 0 nitrogen and oxygen atoms in total. The van der Waals surface area contributed by atoms with Gasteiger partial charge in [-0.15, -0.1) is 12.8 Å². The lowest BCUT2D eigenvalue weighted by Gasteiger charge is -2.10. The van der Waals surface area contributed by atoms with E-state index in [0.717, 1.165) is 35.1 Å². The molecule has 0 bridgehead atoms. The Balaban J connectivity index is 1.29. The number of terminal acetylenes is 2. The molecule has 2 aromatic rings. The van der Waals surface area contributed by atoms with E-state index in [1.54, 1.807) is 0 Å². The van der Waals surface area contributed by atoms with E-state index in [-0.39, 0.29) is 0 Å². The summed E-state index contributed by atoms with van der Waals surface area (Å²) in [7, 11) is 0. The summed E-state index contributed by atoms with van der Waals surface area (Å²) in [5, 5.41) is 4.98. The molecule has 0 aromatic heterocycles. The van der Waals surface area contributed by atoms with E-state index < -0.39 is 0 Å². The molecular formula is C32H18. The molecular weight excluding hydrogens is 384 g/mol. The van der Waals surface area contributed by atoms with E-state index in [9.17, 15) is 0 Å². The van der Waals surface area contributed by atoms with Gasteiger partial charge in [-0.05, 0) is 105 Å². The van der Waals surface area contributed by atoms with Gasteiger partial charge in [0.2, 0.25) is 0 Å². The quantitative estimate of drug-likeness (QED) is 0.595. The highest BCUT2D eigenvalue weighted by Crippen LogP contribution is 2.28. The lowest BCUT2D eigenvalue weighted by molar-refractivity contribution is 1.32. The largest absolute Gasteiger partial charge is 0.115 e. The molecule has 32 heavy (non-hydrogen) atoms. The van der Waals surface area contributed by atoms with Gasteiger partial charge in [0.15, 0.2) is 0 Å². The summed E-state index contributed by atoms with van der Waals surface area (Å²) in [6, 6.07) is 12.5. The lowest BCUT2D eigenvalue weighted by atomic mass is 9.94. The molecule has 4 aliphatic rings. The van der Waals surface area contributed by atoms with Crippen LogP contribution in [-0.4, -0.2) is 0 Å². The minimum atomic E-state index is 0.896. The number of allylic oxidation sites excluding steroid dienone is 8. The van der Waals surface area contributed by atoms with E-state index in [4.69, 9.17) is 12.8 Å². The molecule has 0 heteroatoms. The molecule has 0 atom stereocenters. The summed E-state index contributed by atoms with van der Waals surface area (Å²) in [6.07, 6.45) is 26.2. The first-order chi connectivity index (χ1) is 15.7. The van der Waals surface area contributed by atoms with Crippen LogP contribution in [0.4, 0.5) is 0 Å². The van der Waals surface area contributed by atoms with Gasteiger partial charge in [-0.25, -0.2) is 0 Å². The molecule has 0 saturated heterocycles. The number of rotatable bonds is 0. The van der Waals surface area contributed by atoms with E-state index >= 15 is 0 Å². The molecule has 0 N–H and O–H groups in total. The Bertz CT molecular complexity index is 1630. The topological polar surface area (TPSA) is 0 Å². The number of hydrogen-bond acceptors (Lipinski definition) is 0.